The molecular formula is C12H16BrNO2S. The number of ether oxygens (including phenoxy) is 1. The van der Waals surface area contributed by atoms with E-state index in [2.05, 4.69) is 15.9 Å². The van der Waals surface area contributed by atoms with Crippen LogP contribution in [0.4, 0.5) is 0 Å². The van der Waals surface area contributed by atoms with Gasteiger partial charge >= 0.3 is 5.97 Å². The number of esters is 1. The van der Waals surface area contributed by atoms with Crippen LogP contribution in [0.2, 0.25) is 0 Å². The summed E-state index contributed by atoms with van der Waals surface area (Å²) in [5, 5.41) is 0. The van der Waals surface area contributed by atoms with Crippen molar-refractivity contribution in [3.8, 4) is 0 Å². The lowest BCUT2D eigenvalue weighted by Gasteiger charge is -2.11. The Morgan fingerprint density at radius 1 is 1.53 bits per heavy atom. The van der Waals surface area contributed by atoms with Gasteiger partial charge < -0.3 is 10.5 Å². The highest BCUT2D eigenvalue weighted by Crippen LogP contribution is 2.16. The Bertz CT molecular complexity index is 373. The van der Waals surface area contributed by atoms with Crippen molar-refractivity contribution in [2.45, 2.75) is 19.1 Å². The Morgan fingerprint density at radius 2 is 2.24 bits per heavy atom. The Labute approximate surface area is 114 Å². The molecule has 5 heteroatoms. The topological polar surface area (TPSA) is 52.3 Å². The molecule has 0 aromatic heterocycles. The third-order valence-corrected chi connectivity index (χ3v) is 3.68. The molecule has 1 aromatic rings. The summed E-state index contributed by atoms with van der Waals surface area (Å²) in [7, 11) is 0. The zero-order chi connectivity index (χ0) is 12.7. The molecule has 0 unspecified atom stereocenters. The zero-order valence-electron chi connectivity index (χ0n) is 9.69. The van der Waals surface area contributed by atoms with Crippen molar-refractivity contribution in [3.63, 3.8) is 0 Å². The third-order valence-electron chi connectivity index (χ3n) is 2.26. The molecule has 0 aliphatic rings. The second-order valence-corrected chi connectivity index (χ2v) is 5.43. The van der Waals surface area contributed by atoms with Crippen molar-refractivity contribution in [2.24, 2.45) is 5.73 Å². The molecule has 0 spiro atoms. The summed E-state index contributed by atoms with van der Waals surface area (Å²) >= 11 is 5.07. The Balaban J connectivity index is 2.40. The molecule has 1 atom stereocenters. The van der Waals surface area contributed by atoms with Crippen LogP contribution in [0.1, 0.15) is 12.0 Å². The molecular weight excluding hydrogens is 302 g/mol. The van der Waals surface area contributed by atoms with Gasteiger partial charge in [0.25, 0.3) is 0 Å². The lowest BCUT2D eigenvalue weighted by atomic mass is 10.2. The van der Waals surface area contributed by atoms with Crippen LogP contribution < -0.4 is 5.73 Å². The summed E-state index contributed by atoms with van der Waals surface area (Å²) in [4.78, 5) is 11.6. The number of carbonyl (C=O) groups excluding carboxylic acids is 1. The number of thioether (sulfide) groups is 1. The van der Waals surface area contributed by atoms with E-state index in [1.807, 2.05) is 30.5 Å². The smallest absolute Gasteiger partial charge is 0.323 e. The van der Waals surface area contributed by atoms with Gasteiger partial charge in [-0.3, -0.25) is 4.79 Å². The van der Waals surface area contributed by atoms with Gasteiger partial charge in [-0.2, -0.15) is 11.8 Å². The van der Waals surface area contributed by atoms with Crippen molar-refractivity contribution in [1.82, 2.24) is 0 Å². The second-order valence-electron chi connectivity index (χ2n) is 3.59. The Hall–Kier alpha value is -0.520. The standard InChI is InChI=1S/C12H16BrNO2S/c1-17-7-6-11(14)12(15)16-8-9-4-2-3-5-10(9)13/h2-5,11H,6-8,14H2,1H3/t11-/m0/s1. The largest absolute Gasteiger partial charge is 0.460 e. The Kier molecular flexibility index (Phi) is 6.62. The fourth-order valence-corrected chi connectivity index (χ4v) is 2.12. The van der Waals surface area contributed by atoms with E-state index in [4.69, 9.17) is 10.5 Å². The minimum Gasteiger partial charge on any atom is -0.460 e. The lowest BCUT2D eigenvalue weighted by molar-refractivity contribution is -0.146. The maximum atomic E-state index is 11.6. The van der Waals surface area contributed by atoms with E-state index in [0.717, 1.165) is 15.8 Å². The number of nitrogens with two attached hydrogens (primary N) is 1. The van der Waals surface area contributed by atoms with E-state index in [9.17, 15) is 4.79 Å². The van der Waals surface area contributed by atoms with Gasteiger partial charge in [-0.25, -0.2) is 0 Å². The molecule has 0 radical (unpaired) electrons. The lowest BCUT2D eigenvalue weighted by Crippen LogP contribution is -2.32. The normalized spacial score (nSPS) is 12.2. The summed E-state index contributed by atoms with van der Waals surface area (Å²) in [6.07, 6.45) is 2.63. The van der Waals surface area contributed by atoms with Gasteiger partial charge in [0.1, 0.15) is 12.6 Å². The highest BCUT2D eigenvalue weighted by atomic mass is 79.9. The maximum Gasteiger partial charge on any atom is 0.323 e. The van der Waals surface area contributed by atoms with E-state index in [0.29, 0.717) is 6.42 Å². The van der Waals surface area contributed by atoms with Crippen molar-refractivity contribution in [1.29, 1.82) is 0 Å². The molecule has 0 bridgehead atoms. The Morgan fingerprint density at radius 3 is 2.88 bits per heavy atom. The average molecular weight is 318 g/mol. The first-order valence-electron chi connectivity index (χ1n) is 5.29. The van der Waals surface area contributed by atoms with Crippen LogP contribution in [0.3, 0.4) is 0 Å². The molecule has 1 aromatic carbocycles. The van der Waals surface area contributed by atoms with Gasteiger partial charge in [-0.05, 0) is 24.5 Å². The van der Waals surface area contributed by atoms with Gasteiger partial charge in [-0.15, -0.1) is 0 Å². The summed E-state index contributed by atoms with van der Waals surface area (Å²) in [5.41, 5.74) is 6.65. The summed E-state index contributed by atoms with van der Waals surface area (Å²) in [6, 6.07) is 7.12. The van der Waals surface area contributed by atoms with Crippen molar-refractivity contribution in [3.05, 3.63) is 34.3 Å². The van der Waals surface area contributed by atoms with E-state index in [-0.39, 0.29) is 12.6 Å². The van der Waals surface area contributed by atoms with E-state index in [1.165, 1.54) is 0 Å². The summed E-state index contributed by atoms with van der Waals surface area (Å²) in [5.74, 6) is 0.528. The number of carbonyl (C=O) groups is 1. The summed E-state index contributed by atoms with van der Waals surface area (Å²) in [6.45, 7) is 0.257. The average Bonchev–Trinajstić information content (AvgIpc) is 2.34. The first-order valence-corrected chi connectivity index (χ1v) is 7.48. The molecule has 0 saturated heterocycles. The van der Waals surface area contributed by atoms with Crippen molar-refractivity contribution < 1.29 is 9.53 Å². The maximum absolute atomic E-state index is 11.6. The van der Waals surface area contributed by atoms with Gasteiger partial charge in [0, 0.05) is 10.0 Å². The van der Waals surface area contributed by atoms with E-state index >= 15 is 0 Å². The molecule has 3 nitrogen and oxygen atoms in total. The van der Waals surface area contributed by atoms with Crippen LogP contribution in [0.25, 0.3) is 0 Å². The molecule has 0 aliphatic carbocycles. The SMILES string of the molecule is CSCC[C@H](N)C(=O)OCc1ccccc1Br. The van der Waals surface area contributed by atoms with Gasteiger partial charge in [-0.1, -0.05) is 34.1 Å². The van der Waals surface area contributed by atoms with E-state index < -0.39 is 6.04 Å². The first kappa shape index (κ1) is 14.5. The number of hydrogen-bond donors (Lipinski definition) is 1. The number of halogens is 1. The predicted molar refractivity (Wildman–Crippen MR) is 74.9 cm³/mol. The molecule has 0 heterocycles. The molecule has 0 saturated carbocycles. The molecule has 2 N–H and O–H groups in total. The summed E-state index contributed by atoms with van der Waals surface area (Å²) < 4.78 is 6.10. The van der Waals surface area contributed by atoms with Crippen LogP contribution in [0.5, 0.6) is 0 Å². The highest BCUT2D eigenvalue weighted by molar-refractivity contribution is 9.10. The van der Waals surface area contributed by atoms with Crippen molar-refractivity contribution in [2.75, 3.05) is 12.0 Å². The van der Waals surface area contributed by atoms with Crippen LogP contribution in [-0.2, 0) is 16.1 Å². The van der Waals surface area contributed by atoms with Crippen LogP contribution in [-0.4, -0.2) is 24.0 Å². The predicted octanol–water partition coefficient (Wildman–Crippen LogP) is 2.57. The minimum absolute atomic E-state index is 0.257. The first-order chi connectivity index (χ1) is 8.15. The van der Waals surface area contributed by atoms with Gasteiger partial charge in [0.2, 0.25) is 0 Å². The second kappa shape index (κ2) is 7.74. The van der Waals surface area contributed by atoms with Crippen LogP contribution >= 0.6 is 27.7 Å². The fourth-order valence-electron chi connectivity index (χ4n) is 1.23. The van der Waals surface area contributed by atoms with Crippen LogP contribution in [0, 0.1) is 0 Å². The van der Waals surface area contributed by atoms with Gasteiger partial charge in [0.05, 0.1) is 0 Å². The number of rotatable bonds is 6. The molecule has 0 amide bonds. The van der Waals surface area contributed by atoms with E-state index in [1.54, 1.807) is 11.8 Å². The molecule has 0 fully saturated rings. The fraction of sp³-hybridized carbons (Fsp3) is 0.417. The van der Waals surface area contributed by atoms with Crippen molar-refractivity contribution >= 4 is 33.7 Å². The highest BCUT2D eigenvalue weighted by Gasteiger charge is 2.14. The number of benzene rings is 1. The van der Waals surface area contributed by atoms with Crippen LogP contribution in [0.15, 0.2) is 28.7 Å². The monoisotopic (exact) mass is 317 g/mol. The molecule has 17 heavy (non-hydrogen) atoms. The molecule has 1 rings (SSSR count). The third kappa shape index (κ3) is 5.10. The molecule has 94 valence electrons. The van der Waals surface area contributed by atoms with Gasteiger partial charge in [0.15, 0.2) is 0 Å². The number of hydrogen-bond acceptors (Lipinski definition) is 4. The molecule has 0 aliphatic heterocycles. The quantitative estimate of drug-likeness (QED) is 0.819. The zero-order valence-corrected chi connectivity index (χ0v) is 12.1. The minimum atomic E-state index is -0.523.